The Morgan fingerprint density at radius 2 is 1.67 bits per heavy atom. The number of nitrogens with zero attached hydrogens (tertiary/aromatic N) is 2. The van der Waals surface area contributed by atoms with Gasteiger partial charge in [-0.1, -0.05) is 31.0 Å². The number of hydrogen-bond donors (Lipinski definition) is 1. The molecule has 2 aliphatic heterocycles. The normalized spacial score (nSPS) is 20.7. The Bertz CT molecular complexity index is 663. The summed E-state index contributed by atoms with van der Waals surface area (Å²) in [5, 5.41) is 3.00. The third-order valence-corrected chi connectivity index (χ3v) is 5.83. The van der Waals surface area contributed by atoms with Crippen LogP contribution >= 0.6 is 0 Å². The number of rotatable bonds is 4. The summed E-state index contributed by atoms with van der Waals surface area (Å²) >= 11 is 0. The van der Waals surface area contributed by atoms with Gasteiger partial charge in [0.15, 0.2) is 0 Å². The maximum atomic E-state index is 14.4. The van der Waals surface area contributed by atoms with Crippen LogP contribution in [0.1, 0.15) is 51.0 Å². The van der Waals surface area contributed by atoms with Gasteiger partial charge in [0, 0.05) is 38.7 Å². The van der Waals surface area contributed by atoms with E-state index in [0.717, 1.165) is 25.9 Å². The van der Waals surface area contributed by atoms with Gasteiger partial charge in [-0.3, -0.25) is 14.5 Å². The molecule has 148 valence electrons. The number of benzene rings is 1. The maximum Gasteiger partial charge on any atom is 0.236 e. The molecule has 27 heavy (non-hydrogen) atoms. The Kier molecular flexibility index (Phi) is 6.47. The van der Waals surface area contributed by atoms with Crippen LogP contribution in [0.3, 0.4) is 0 Å². The van der Waals surface area contributed by atoms with E-state index in [1.54, 1.807) is 18.2 Å². The molecule has 0 atom stereocenters. The monoisotopic (exact) mass is 375 g/mol. The number of carbonyl (C=O) groups is 2. The molecule has 0 aliphatic carbocycles. The molecule has 2 heterocycles. The Labute approximate surface area is 160 Å². The fraction of sp³-hybridized carbons (Fsp3) is 0.619. The third-order valence-electron chi connectivity index (χ3n) is 5.83. The number of carbonyl (C=O) groups excluding carboxylic acids is 2. The molecule has 2 saturated heterocycles. The van der Waals surface area contributed by atoms with Crippen molar-refractivity contribution in [2.24, 2.45) is 0 Å². The molecule has 2 amide bonds. The van der Waals surface area contributed by atoms with Crippen LogP contribution < -0.4 is 5.32 Å². The molecule has 2 fully saturated rings. The fourth-order valence-corrected chi connectivity index (χ4v) is 4.35. The van der Waals surface area contributed by atoms with Crippen molar-refractivity contribution >= 4 is 11.8 Å². The van der Waals surface area contributed by atoms with Crippen LogP contribution in [0.2, 0.25) is 0 Å². The molecular weight excluding hydrogens is 345 g/mol. The van der Waals surface area contributed by atoms with Gasteiger partial charge in [0.1, 0.15) is 5.82 Å². The zero-order valence-corrected chi connectivity index (χ0v) is 16.2. The molecule has 0 saturated carbocycles. The zero-order chi connectivity index (χ0) is 19.3. The standard InChI is InChI=1S/C21H30FN3O2/c1-17(26)23-21(18-8-4-5-9-19(18)22)10-14-24(15-11-21)16-20(27)25-12-6-2-3-7-13-25/h4-5,8-9H,2-3,6-7,10-16H2,1H3,(H,23,26). The van der Waals surface area contributed by atoms with Gasteiger partial charge >= 0.3 is 0 Å². The SMILES string of the molecule is CC(=O)NC1(c2ccccc2F)CCN(CC(=O)N2CCCCCC2)CC1. The largest absolute Gasteiger partial charge is 0.347 e. The number of piperidine rings is 1. The highest BCUT2D eigenvalue weighted by atomic mass is 19.1. The van der Waals surface area contributed by atoms with Gasteiger partial charge in [-0.15, -0.1) is 0 Å². The summed E-state index contributed by atoms with van der Waals surface area (Å²) in [6, 6.07) is 6.66. The van der Waals surface area contributed by atoms with Crippen molar-refractivity contribution in [1.29, 1.82) is 0 Å². The Hall–Kier alpha value is -1.95. The first-order chi connectivity index (χ1) is 13.0. The third kappa shape index (κ3) is 4.86. The summed E-state index contributed by atoms with van der Waals surface area (Å²) in [7, 11) is 0. The minimum atomic E-state index is -0.695. The molecule has 0 unspecified atom stereocenters. The summed E-state index contributed by atoms with van der Waals surface area (Å²) < 4.78 is 14.4. The van der Waals surface area contributed by atoms with E-state index in [2.05, 4.69) is 10.2 Å². The van der Waals surface area contributed by atoms with Gasteiger partial charge < -0.3 is 10.2 Å². The number of likely N-dealkylation sites (tertiary alicyclic amines) is 2. The van der Waals surface area contributed by atoms with Crippen molar-refractivity contribution in [3.8, 4) is 0 Å². The molecule has 2 aliphatic rings. The summed E-state index contributed by atoms with van der Waals surface area (Å²) in [6.07, 6.45) is 5.78. The molecule has 1 N–H and O–H groups in total. The highest BCUT2D eigenvalue weighted by Gasteiger charge is 2.39. The molecule has 1 aromatic rings. The Morgan fingerprint density at radius 1 is 1.04 bits per heavy atom. The van der Waals surface area contributed by atoms with Gasteiger partial charge in [-0.2, -0.15) is 0 Å². The first-order valence-electron chi connectivity index (χ1n) is 10.0. The highest BCUT2D eigenvalue weighted by molar-refractivity contribution is 5.78. The predicted molar refractivity (Wildman–Crippen MR) is 103 cm³/mol. The van der Waals surface area contributed by atoms with Gasteiger partial charge in [-0.05, 0) is 31.7 Å². The van der Waals surface area contributed by atoms with E-state index in [9.17, 15) is 14.0 Å². The Balaban J connectivity index is 1.65. The smallest absolute Gasteiger partial charge is 0.236 e. The lowest BCUT2D eigenvalue weighted by Crippen LogP contribution is -2.54. The molecular formula is C21H30FN3O2. The van der Waals surface area contributed by atoms with Crippen LogP contribution in [0, 0.1) is 5.82 Å². The summed E-state index contributed by atoms with van der Waals surface area (Å²) in [5.74, 6) is -0.262. The van der Waals surface area contributed by atoms with Gasteiger partial charge in [-0.25, -0.2) is 4.39 Å². The number of halogens is 1. The van der Waals surface area contributed by atoms with E-state index in [0.29, 0.717) is 38.0 Å². The van der Waals surface area contributed by atoms with Crippen molar-refractivity contribution in [3.05, 3.63) is 35.6 Å². The second kappa shape index (κ2) is 8.83. The summed E-state index contributed by atoms with van der Waals surface area (Å²) in [4.78, 5) is 28.5. The topological polar surface area (TPSA) is 52.7 Å². The lowest BCUT2D eigenvalue weighted by Gasteiger charge is -2.42. The second-order valence-electron chi connectivity index (χ2n) is 7.81. The van der Waals surface area contributed by atoms with Crippen LogP contribution in [-0.2, 0) is 15.1 Å². The predicted octanol–water partition coefficient (Wildman–Crippen LogP) is 2.66. The first-order valence-corrected chi connectivity index (χ1v) is 10.0. The Morgan fingerprint density at radius 3 is 2.26 bits per heavy atom. The quantitative estimate of drug-likeness (QED) is 0.880. The number of amides is 2. The van der Waals surface area contributed by atoms with Crippen LogP contribution in [0.5, 0.6) is 0 Å². The lowest BCUT2D eigenvalue weighted by atomic mass is 9.80. The van der Waals surface area contributed by atoms with Crippen molar-refractivity contribution in [2.75, 3.05) is 32.7 Å². The first kappa shape index (κ1) is 19.8. The molecule has 0 aromatic heterocycles. The van der Waals surface area contributed by atoms with E-state index in [-0.39, 0.29) is 17.6 Å². The molecule has 0 bridgehead atoms. The van der Waals surface area contributed by atoms with Crippen molar-refractivity contribution in [3.63, 3.8) is 0 Å². The minimum Gasteiger partial charge on any atom is -0.347 e. The van der Waals surface area contributed by atoms with E-state index >= 15 is 0 Å². The van der Waals surface area contributed by atoms with Crippen LogP contribution in [0.25, 0.3) is 0 Å². The average Bonchev–Trinajstić information content (AvgIpc) is 2.93. The minimum absolute atomic E-state index is 0.160. The molecule has 0 spiro atoms. The molecule has 6 heteroatoms. The van der Waals surface area contributed by atoms with Crippen molar-refractivity contribution in [2.45, 2.75) is 51.0 Å². The fourth-order valence-electron chi connectivity index (χ4n) is 4.35. The van der Waals surface area contributed by atoms with E-state index in [4.69, 9.17) is 0 Å². The average molecular weight is 375 g/mol. The highest BCUT2D eigenvalue weighted by Crippen LogP contribution is 2.34. The number of nitrogens with one attached hydrogen (secondary N) is 1. The summed E-state index contributed by atoms with van der Waals surface area (Å²) in [5.41, 5.74) is -0.155. The van der Waals surface area contributed by atoms with Crippen molar-refractivity contribution in [1.82, 2.24) is 15.1 Å². The molecule has 0 radical (unpaired) electrons. The second-order valence-corrected chi connectivity index (χ2v) is 7.81. The van der Waals surface area contributed by atoms with Gasteiger partial charge in [0.2, 0.25) is 11.8 Å². The van der Waals surface area contributed by atoms with Crippen LogP contribution in [-0.4, -0.2) is 54.3 Å². The molecule has 5 nitrogen and oxygen atoms in total. The van der Waals surface area contributed by atoms with E-state index in [1.165, 1.54) is 25.8 Å². The summed E-state index contributed by atoms with van der Waals surface area (Å²) in [6.45, 7) is 4.92. The van der Waals surface area contributed by atoms with Gasteiger partial charge in [0.05, 0.1) is 12.1 Å². The molecule has 1 aromatic carbocycles. The van der Waals surface area contributed by atoms with E-state index < -0.39 is 5.54 Å². The lowest BCUT2D eigenvalue weighted by molar-refractivity contribution is -0.133. The maximum absolute atomic E-state index is 14.4. The number of hydrogen-bond acceptors (Lipinski definition) is 3. The van der Waals surface area contributed by atoms with Gasteiger partial charge in [0.25, 0.3) is 0 Å². The van der Waals surface area contributed by atoms with Crippen LogP contribution in [0.15, 0.2) is 24.3 Å². The molecule has 3 rings (SSSR count). The van der Waals surface area contributed by atoms with Crippen LogP contribution in [0.4, 0.5) is 4.39 Å². The van der Waals surface area contributed by atoms with Crippen molar-refractivity contribution < 1.29 is 14.0 Å². The van der Waals surface area contributed by atoms with E-state index in [1.807, 2.05) is 4.90 Å². The zero-order valence-electron chi connectivity index (χ0n) is 16.2.